The molecule has 0 aliphatic carbocycles. The van der Waals surface area contributed by atoms with Gasteiger partial charge in [-0.05, 0) is 24.3 Å². The molecule has 0 aliphatic heterocycles. The summed E-state index contributed by atoms with van der Waals surface area (Å²) in [5, 5.41) is 0.404. The Hall–Kier alpha value is -1.59. The van der Waals surface area contributed by atoms with Crippen molar-refractivity contribution in [1.82, 2.24) is 4.98 Å². The standard InChI is InChI=1S/C13H13ClN2O2S/c1-18-13-4-2-3-10(16-13)8-19(17)12-6-5-9(15)7-11(12)14/h2-7H,8,15H2,1H3. The Morgan fingerprint density at radius 3 is 2.84 bits per heavy atom. The lowest BCUT2D eigenvalue weighted by Gasteiger charge is -2.06. The molecule has 19 heavy (non-hydrogen) atoms. The number of anilines is 1. The maximum Gasteiger partial charge on any atom is 0.213 e. The van der Waals surface area contributed by atoms with Crippen LogP contribution < -0.4 is 10.5 Å². The van der Waals surface area contributed by atoms with Gasteiger partial charge in [0, 0.05) is 11.8 Å². The first-order valence-electron chi connectivity index (χ1n) is 5.53. The lowest BCUT2D eigenvalue weighted by Crippen LogP contribution is -2.01. The van der Waals surface area contributed by atoms with E-state index >= 15 is 0 Å². The highest BCUT2D eigenvalue weighted by molar-refractivity contribution is 7.84. The number of nitrogen functional groups attached to an aromatic ring is 1. The van der Waals surface area contributed by atoms with E-state index in [1.165, 1.54) is 0 Å². The molecule has 1 atom stereocenters. The molecular weight excluding hydrogens is 284 g/mol. The van der Waals surface area contributed by atoms with E-state index in [0.29, 0.717) is 27.2 Å². The number of halogens is 1. The lowest BCUT2D eigenvalue weighted by atomic mass is 10.3. The molecule has 1 aromatic heterocycles. The van der Waals surface area contributed by atoms with Crippen LogP contribution in [-0.2, 0) is 16.6 Å². The molecule has 1 unspecified atom stereocenters. The highest BCUT2D eigenvalue weighted by Crippen LogP contribution is 2.24. The molecule has 0 amide bonds. The number of rotatable bonds is 4. The first-order chi connectivity index (χ1) is 9.10. The first-order valence-corrected chi connectivity index (χ1v) is 7.23. The van der Waals surface area contributed by atoms with E-state index in [9.17, 15) is 4.21 Å². The summed E-state index contributed by atoms with van der Waals surface area (Å²) in [6, 6.07) is 10.3. The van der Waals surface area contributed by atoms with Crippen molar-refractivity contribution in [2.45, 2.75) is 10.6 Å². The molecule has 0 spiro atoms. The van der Waals surface area contributed by atoms with Gasteiger partial charge in [-0.15, -0.1) is 0 Å². The van der Waals surface area contributed by atoms with Gasteiger partial charge in [-0.3, -0.25) is 4.21 Å². The normalized spacial score (nSPS) is 12.1. The molecule has 0 saturated heterocycles. The van der Waals surface area contributed by atoms with Crippen molar-refractivity contribution in [3.63, 3.8) is 0 Å². The van der Waals surface area contributed by atoms with Gasteiger partial charge in [0.2, 0.25) is 5.88 Å². The fourth-order valence-electron chi connectivity index (χ4n) is 1.57. The number of hydrogen-bond acceptors (Lipinski definition) is 4. The van der Waals surface area contributed by atoms with E-state index < -0.39 is 10.8 Å². The van der Waals surface area contributed by atoms with Crippen molar-refractivity contribution in [2.75, 3.05) is 12.8 Å². The third-order valence-electron chi connectivity index (χ3n) is 2.47. The van der Waals surface area contributed by atoms with Gasteiger partial charge in [-0.2, -0.15) is 0 Å². The third kappa shape index (κ3) is 3.45. The van der Waals surface area contributed by atoms with Crippen LogP contribution in [0, 0.1) is 0 Å². The predicted molar refractivity (Wildman–Crippen MR) is 76.8 cm³/mol. The Morgan fingerprint density at radius 1 is 1.37 bits per heavy atom. The second-order valence-corrected chi connectivity index (χ2v) is 5.68. The largest absolute Gasteiger partial charge is 0.481 e. The molecule has 0 fully saturated rings. The Morgan fingerprint density at radius 2 is 2.16 bits per heavy atom. The molecular formula is C13H13ClN2O2S. The van der Waals surface area contributed by atoms with Crippen molar-refractivity contribution in [3.8, 4) is 5.88 Å². The summed E-state index contributed by atoms with van der Waals surface area (Å²) in [6.45, 7) is 0. The second kappa shape index (κ2) is 6.04. The minimum atomic E-state index is -1.27. The number of pyridine rings is 1. The molecule has 0 aliphatic rings. The number of nitrogens with two attached hydrogens (primary N) is 1. The zero-order chi connectivity index (χ0) is 13.8. The average Bonchev–Trinajstić information content (AvgIpc) is 2.38. The molecule has 0 saturated carbocycles. The van der Waals surface area contributed by atoms with Crippen molar-refractivity contribution < 1.29 is 8.95 Å². The molecule has 1 aromatic carbocycles. The second-order valence-electron chi connectivity index (χ2n) is 3.85. The summed E-state index contributed by atoms with van der Waals surface area (Å²) in [5.41, 5.74) is 6.84. The van der Waals surface area contributed by atoms with Crippen LogP contribution in [0.3, 0.4) is 0 Å². The van der Waals surface area contributed by atoms with Gasteiger partial charge in [0.15, 0.2) is 0 Å². The smallest absolute Gasteiger partial charge is 0.213 e. The summed E-state index contributed by atoms with van der Waals surface area (Å²) in [6.07, 6.45) is 0. The Balaban J connectivity index is 2.20. The molecule has 4 nitrogen and oxygen atoms in total. The van der Waals surface area contributed by atoms with Gasteiger partial charge in [0.25, 0.3) is 0 Å². The SMILES string of the molecule is COc1cccc(CS(=O)c2ccc(N)cc2Cl)n1. The molecule has 100 valence electrons. The number of nitrogens with zero attached hydrogens (tertiary/aromatic N) is 1. The van der Waals surface area contributed by atoms with Crippen LogP contribution in [0.5, 0.6) is 5.88 Å². The van der Waals surface area contributed by atoms with Gasteiger partial charge in [-0.1, -0.05) is 17.7 Å². The van der Waals surface area contributed by atoms with Crippen LogP contribution in [0.4, 0.5) is 5.69 Å². The quantitative estimate of drug-likeness (QED) is 0.881. The van der Waals surface area contributed by atoms with Crippen molar-refractivity contribution >= 4 is 28.1 Å². The van der Waals surface area contributed by atoms with E-state index in [1.807, 2.05) is 6.07 Å². The summed E-state index contributed by atoms with van der Waals surface area (Å²) in [7, 11) is 0.272. The topological polar surface area (TPSA) is 65.2 Å². The highest BCUT2D eigenvalue weighted by Gasteiger charge is 2.11. The first kappa shape index (κ1) is 13.8. The Kier molecular flexibility index (Phi) is 4.39. The van der Waals surface area contributed by atoms with Crippen LogP contribution in [-0.4, -0.2) is 16.3 Å². The van der Waals surface area contributed by atoms with Gasteiger partial charge < -0.3 is 10.5 Å². The lowest BCUT2D eigenvalue weighted by molar-refractivity contribution is 0.397. The van der Waals surface area contributed by atoms with E-state index in [0.717, 1.165) is 0 Å². The zero-order valence-corrected chi connectivity index (χ0v) is 11.9. The van der Waals surface area contributed by atoms with Gasteiger partial charge >= 0.3 is 0 Å². The minimum absolute atomic E-state index is 0.279. The Labute approximate surface area is 119 Å². The van der Waals surface area contributed by atoms with Gasteiger partial charge in [0.1, 0.15) is 0 Å². The Bertz CT molecular complexity index is 619. The van der Waals surface area contributed by atoms with Crippen molar-refractivity contribution in [3.05, 3.63) is 47.1 Å². The molecule has 2 aromatic rings. The van der Waals surface area contributed by atoms with E-state index in [4.69, 9.17) is 22.1 Å². The van der Waals surface area contributed by atoms with Crippen LogP contribution in [0.25, 0.3) is 0 Å². The summed E-state index contributed by atoms with van der Waals surface area (Å²) in [5.74, 6) is 0.777. The summed E-state index contributed by atoms with van der Waals surface area (Å²) in [4.78, 5) is 4.78. The maximum absolute atomic E-state index is 12.3. The number of hydrogen-bond donors (Lipinski definition) is 1. The molecule has 2 rings (SSSR count). The summed E-state index contributed by atoms with van der Waals surface area (Å²) >= 11 is 6.03. The molecule has 6 heteroatoms. The summed E-state index contributed by atoms with van der Waals surface area (Å²) < 4.78 is 17.3. The van der Waals surface area contributed by atoms with Crippen molar-refractivity contribution in [1.29, 1.82) is 0 Å². The fraction of sp³-hybridized carbons (Fsp3) is 0.154. The van der Waals surface area contributed by atoms with E-state index in [1.54, 1.807) is 37.4 Å². The highest BCUT2D eigenvalue weighted by atomic mass is 35.5. The maximum atomic E-state index is 12.3. The predicted octanol–water partition coefficient (Wildman–Crippen LogP) is 2.63. The third-order valence-corrected chi connectivity index (χ3v) is 4.30. The van der Waals surface area contributed by atoms with Gasteiger partial charge in [0.05, 0.1) is 39.3 Å². The van der Waals surface area contributed by atoms with Crippen LogP contribution in [0.2, 0.25) is 5.02 Å². The molecule has 0 bridgehead atoms. The number of aromatic nitrogens is 1. The van der Waals surface area contributed by atoms with Gasteiger partial charge in [-0.25, -0.2) is 4.98 Å². The van der Waals surface area contributed by atoms with Crippen LogP contribution >= 0.6 is 11.6 Å². The molecule has 0 radical (unpaired) electrons. The fourth-order valence-corrected chi connectivity index (χ4v) is 3.09. The number of methoxy groups -OCH3 is 1. The number of benzene rings is 1. The average molecular weight is 297 g/mol. The minimum Gasteiger partial charge on any atom is -0.481 e. The van der Waals surface area contributed by atoms with Crippen molar-refractivity contribution in [2.24, 2.45) is 0 Å². The zero-order valence-electron chi connectivity index (χ0n) is 10.3. The van der Waals surface area contributed by atoms with Crippen LogP contribution in [0.1, 0.15) is 5.69 Å². The molecule has 2 N–H and O–H groups in total. The molecule has 1 heterocycles. The van der Waals surface area contributed by atoms with E-state index in [-0.39, 0.29) is 5.75 Å². The monoisotopic (exact) mass is 296 g/mol. The van der Waals surface area contributed by atoms with E-state index in [2.05, 4.69) is 4.98 Å². The number of ether oxygens (including phenoxy) is 1. The van der Waals surface area contributed by atoms with Crippen LogP contribution in [0.15, 0.2) is 41.3 Å².